The molecular formula is C23H27N5O. The predicted molar refractivity (Wildman–Crippen MR) is 113 cm³/mol. The minimum Gasteiger partial charge on any atom is -0.465 e. The average Bonchev–Trinajstić information content (AvgIpc) is 3.45. The second kappa shape index (κ2) is 8.92. The standard InChI is InChI=1S/C23H27N5O/c1-19-8-9-25-23(15-19)28-13-3-5-21(28)16-27(17-22-7-6-20(2)29-22)12-4-11-26-14-10-24-18-26/h3,5-10,13-15,18H,4,11-12,16-17H2,1-2H3. The van der Waals surface area contributed by atoms with Gasteiger partial charge < -0.3 is 13.6 Å². The molecule has 0 saturated heterocycles. The van der Waals surface area contributed by atoms with E-state index in [2.05, 4.69) is 61.4 Å². The highest BCUT2D eigenvalue weighted by molar-refractivity contribution is 5.30. The fourth-order valence-electron chi connectivity index (χ4n) is 3.55. The van der Waals surface area contributed by atoms with Gasteiger partial charge in [-0.3, -0.25) is 4.90 Å². The summed E-state index contributed by atoms with van der Waals surface area (Å²) in [5.74, 6) is 2.90. The van der Waals surface area contributed by atoms with Crippen LogP contribution in [0, 0.1) is 13.8 Å². The number of aryl methyl sites for hydroxylation is 3. The Kier molecular flexibility index (Phi) is 5.91. The highest BCUT2D eigenvalue weighted by Crippen LogP contribution is 2.17. The third-order valence-electron chi connectivity index (χ3n) is 4.99. The van der Waals surface area contributed by atoms with Crippen molar-refractivity contribution in [3.05, 3.63) is 90.3 Å². The molecule has 0 N–H and O–H groups in total. The number of aromatic nitrogens is 4. The van der Waals surface area contributed by atoms with Crippen molar-refractivity contribution in [2.24, 2.45) is 0 Å². The Bertz CT molecular complexity index is 1030. The Hall–Kier alpha value is -3.12. The first-order valence-electron chi connectivity index (χ1n) is 10.00. The van der Waals surface area contributed by atoms with Crippen LogP contribution in [0.25, 0.3) is 5.82 Å². The van der Waals surface area contributed by atoms with Crippen LogP contribution in [0.4, 0.5) is 0 Å². The van der Waals surface area contributed by atoms with Crippen molar-refractivity contribution >= 4 is 0 Å². The summed E-state index contributed by atoms with van der Waals surface area (Å²) in [6.07, 6.45) is 10.7. The van der Waals surface area contributed by atoms with Gasteiger partial charge in [-0.2, -0.15) is 0 Å². The SMILES string of the molecule is Cc1ccnc(-n2cccc2CN(CCCn2ccnc2)Cc2ccc(C)o2)c1. The number of nitrogens with zero attached hydrogens (tertiary/aromatic N) is 5. The number of hydrogen-bond donors (Lipinski definition) is 0. The zero-order valence-corrected chi connectivity index (χ0v) is 17.0. The van der Waals surface area contributed by atoms with E-state index in [1.807, 2.05) is 44.0 Å². The monoisotopic (exact) mass is 389 g/mol. The predicted octanol–water partition coefficient (Wildman–Crippen LogP) is 4.37. The van der Waals surface area contributed by atoms with E-state index < -0.39 is 0 Å². The lowest BCUT2D eigenvalue weighted by Crippen LogP contribution is -2.26. The van der Waals surface area contributed by atoms with Crippen molar-refractivity contribution in [3.63, 3.8) is 0 Å². The molecule has 0 aromatic carbocycles. The maximum absolute atomic E-state index is 5.84. The molecule has 150 valence electrons. The molecule has 0 aliphatic rings. The molecule has 6 nitrogen and oxygen atoms in total. The topological polar surface area (TPSA) is 52.0 Å². The van der Waals surface area contributed by atoms with Crippen LogP contribution in [0.3, 0.4) is 0 Å². The van der Waals surface area contributed by atoms with Crippen LogP contribution in [0.1, 0.15) is 29.2 Å². The highest BCUT2D eigenvalue weighted by Gasteiger charge is 2.13. The fraction of sp³-hybridized carbons (Fsp3) is 0.304. The van der Waals surface area contributed by atoms with Crippen molar-refractivity contribution in [3.8, 4) is 5.82 Å². The molecule has 0 radical (unpaired) electrons. The third kappa shape index (κ3) is 5.03. The van der Waals surface area contributed by atoms with Gasteiger partial charge in [-0.15, -0.1) is 0 Å². The molecule has 4 rings (SSSR count). The molecule has 0 atom stereocenters. The van der Waals surface area contributed by atoms with Crippen LogP contribution in [0.2, 0.25) is 0 Å². The van der Waals surface area contributed by atoms with Crippen molar-refractivity contribution in [1.82, 2.24) is 24.0 Å². The van der Waals surface area contributed by atoms with E-state index in [1.165, 1.54) is 11.3 Å². The van der Waals surface area contributed by atoms with E-state index in [1.54, 1.807) is 0 Å². The molecule has 6 heteroatoms. The summed E-state index contributed by atoms with van der Waals surface area (Å²) in [7, 11) is 0. The van der Waals surface area contributed by atoms with E-state index in [0.717, 1.165) is 49.9 Å². The Morgan fingerprint density at radius 1 is 1.03 bits per heavy atom. The molecule has 29 heavy (non-hydrogen) atoms. The van der Waals surface area contributed by atoms with Crippen LogP contribution >= 0.6 is 0 Å². The summed E-state index contributed by atoms with van der Waals surface area (Å²) >= 11 is 0. The van der Waals surface area contributed by atoms with Crippen LogP contribution in [0.15, 0.2) is 71.9 Å². The maximum Gasteiger partial charge on any atom is 0.137 e. The van der Waals surface area contributed by atoms with E-state index in [-0.39, 0.29) is 0 Å². The summed E-state index contributed by atoms with van der Waals surface area (Å²) < 4.78 is 10.1. The fourth-order valence-corrected chi connectivity index (χ4v) is 3.55. The third-order valence-corrected chi connectivity index (χ3v) is 4.99. The van der Waals surface area contributed by atoms with Crippen molar-refractivity contribution < 1.29 is 4.42 Å². The molecule has 0 saturated carbocycles. The first-order chi connectivity index (χ1) is 14.2. The summed E-state index contributed by atoms with van der Waals surface area (Å²) in [4.78, 5) is 11.1. The molecule has 4 aromatic heterocycles. The smallest absolute Gasteiger partial charge is 0.137 e. The van der Waals surface area contributed by atoms with Gasteiger partial charge in [-0.1, -0.05) is 0 Å². The van der Waals surface area contributed by atoms with Gasteiger partial charge in [0, 0.05) is 50.1 Å². The molecule has 0 unspecified atom stereocenters. The number of pyridine rings is 1. The zero-order valence-electron chi connectivity index (χ0n) is 17.0. The Morgan fingerprint density at radius 2 is 1.97 bits per heavy atom. The summed E-state index contributed by atoms with van der Waals surface area (Å²) in [6, 6.07) is 12.5. The number of imidazole rings is 1. The maximum atomic E-state index is 5.84. The van der Waals surface area contributed by atoms with Gasteiger partial charge in [0.05, 0.1) is 12.9 Å². The van der Waals surface area contributed by atoms with E-state index >= 15 is 0 Å². The summed E-state index contributed by atoms with van der Waals surface area (Å²) in [5, 5.41) is 0. The quantitative estimate of drug-likeness (QED) is 0.426. The van der Waals surface area contributed by atoms with E-state index in [9.17, 15) is 0 Å². The van der Waals surface area contributed by atoms with Crippen molar-refractivity contribution in [1.29, 1.82) is 0 Å². The molecule has 0 aliphatic heterocycles. The van der Waals surface area contributed by atoms with Gasteiger partial charge in [-0.05, 0) is 62.2 Å². The normalized spacial score (nSPS) is 11.4. The molecule has 0 spiro atoms. The van der Waals surface area contributed by atoms with Crippen LogP contribution in [-0.2, 0) is 19.6 Å². The van der Waals surface area contributed by atoms with Gasteiger partial charge in [0.1, 0.15) is 17.3 Å². The summed E-state index contributed by atoms with van der Waals surface area (Å²) in [6.45, 7) is 7.60. The average molecular weight is 390 g/mol. The Morgan fingerprint density at radius 3 is 2.72 bits per heavy atom. The van der Waals surface area contributed by atoms with Gasteiger partial charge in [-0.25, -0.2) is 9.97 Å². The summed E-state index contributed by atoms with van der Waals surface area (Å²) in [5.41, 5.74) is 2.42. The first-order valence-corrected chi connectivity index (χ1v) is 10.00. The lowest BCUT2D eigenvalue weighted by atomic mass is 10.2. The number of hydrogen-bond acceptors (Lipinski definition) is 4. The van der Waals surface area contributed by atoms with Crippen molar-refractivity contribution in [2.75, 3.05) is 6.54 Å². The Labute approximate surface area is 171 Å². The van der Waals surface area contributed by atoms with Gasteiger partial charge in [0.15, 0.2) is 0 Å². The van der Waals surface area contributed by atoms with Gasteiger partial charge in [0.25, 0.3) is 0 Å². The minimum atomic E-state index is 0.782. The van der Waals surface area contributed by atoms with E-state index in [4.69, 9.17) is 4.42 Å². The van der Waals surface area contributed by atoms with Crippen molar-refractivity contribution in [2.45, 2.75) is 39.9 Å². The lowest BCUT2D eigenvalue weighted by molar-refractivity contribution is 0.224. The second-order valence-corrected chi connectivity index (χ2v) is 7.44. The van der Waals surface area contributed by atoms with Crippen LogP contribution in [0.5, 0.6) is 0 Å². The number of rotatable bonds is 9. The van der Waals surface area contributed by atoms with Gasteiger partial charge >= 0.3 is 0 Å². The second-order valence-electron chi connectivity index (χ2n) is 7.44. The van der Waals surface area contributed by atoms with Crippen LogP contribution in [-0.4, -0.2) is 30.5 Å². The molecule has 0 aliphatic carbocycles. The highest BCUT2D eigenvalue weighted by atomic mass is 16.3. The Balaban J connectivity index is 1.49. The number of furan rings is 1. The zero-order chi connectivity index (χ0) is 20.1. The first kappa shape index (κ1) is 19.2. The van der Waals surface area contributed by atoms with Gasteiger partial charge in [0.2, 0.25) is 0 Å². The molecular weight excluding hydrogens is 362 g/mol. The molecule has 4 aromatic rings. The minimum absolute atomic E-state index is 0.782. The lowest BCUT2D eigenvalue weighted by Gasteiger charge is -2.22. The molecule has 0 fully saturated rings. The largest absolute Gasteiger partial charge is 0.465 e. The van der Waals surface area contributed by atoms with Crippen LogP contribution < -0.4 is 0 Å². The molecule has 4 heterocycles. The molecule has 0 bridgehead atoms. The molecule has 0 amide bonds. The van der Waals surface area contributed by atoms with E-state index in [0.29, 0.717) is 0 Å².